The molecule has 0 atom stereocenters. The molecule has 0 spiro atoms. The Morgan fingerprint density at radius 2 is 1.65 bits per heavy atom. The minimum absolute atomic E-state index is 0.0229. The number of ether oxygens (including phenoxy) is 1. The third-order valence-electron chi connectivity index (χ3n) is 5.08. The number of hydrogen-bond acceptors (Lipinski definition) is 7. The van der Waals surface area contributed by atoms with Crippen molar-refractivity contribution >= 4 is 39.1 Å². The lowest BCUT2D eigenvalue weighted by Gasteiger charge is -2.14. The number of carbonyl (C=O) groups is 2. The topological polar surface area (TPSA) is 90.0 Å². The molecular formula is C25H21NO6S2. The van der Waals surface area contributed by atoms with E-state index in [0.717, 1.165) is 27.8 Å². The van der Waals surface area contributed by atoms with Gasteiger partial charge in [0.2, 0.25) is 0 Å². The van der Waals surface area contributed by atoms with E-state index in [0.29, 0.717) is 5.56 Å². The lowest BCUT2D eigenvalue weighted by Crippen LogP contribution is -2.27. The zero-order valence-electron chi connectivity index (χ0n) is 18.4. The van der Waals surface area contributed by atoms with Crippen LogP contribution in [0, 0.1) is 6.92 Å². The van der Waals surface area contributed by atoms with Crippen molar-refractivity contribution < 1.29 is 26.9 Å². The fourth-order valence-electron chi connectivity index (χ4n) is 3.29. The Kier molecular flexibility index (Phi) is 6.76. The van der Waals surface area contributed by atoms with Gasteiger partial charge in [-0.1, -0.05) is 60.2 Å². The molecule has 3 aromatic carbocycles. The second kappa shape index (κ2) is 9.74. The number of aryl methyl sites for hydroxylation is 1. The minimum Gasteiger partial charge on any atom is -0.493 e. The first-order valence-electron chi connectivity index (χ1n) is 10.3. The summed E-state index contributed by atoms with van der Waals surface area (Å²) in [6.45, 7) is 2.10. The molecule has 1 aliphatic heterocycles. The normalized spacial score (nSPS) is 15.1. The van der Waals surface area contributed by atoms with Gasteiger partial charge in [0, 0.05) is 5.56 Å². The maximum Gasteiger partial charge on any atom is 0.339 e. The van der Waals surface area contributed by atoms with E-state index in [1.54, 1.807) is 36.4 Å². The van der Waals surface area contributed by atoms with Gasteiger partial charge in [-0.05, 0) is 48.5 Å². The number of carbonyl (C=O) groups excluding carboxylic acids is 2. The smallest absolute Gasteiger partial charge is 0.339 e. The summed E-state index contributed by atoms with van der Waals surface area (Å²) in [6, 6.07) is 20.0. The third-order valence-corrected chi connectivity index (χ3v) is 7.22. The first kappa shape index (κ1) is 23.6. The molecule has 4 rings (SSSR count). The highest BCUT2D eigenvalue weighted by Gasteiger charge is 2.35. The molecule has 7 nitrogen and oxygen atoms in total. The van der Waals surface area contributed by atoms with Gasteiger partial charge in [0.05, 0.1) is 18.6 Å². The highest BCUT2D eigenvalue weighted by molar-refractivity contribution is 8.18. The van der Waals surface area contributed by atoms with Crippen LogP contribution < -0.4 is 8.92 Å². The number of thioether (sulfide) groups is 1. The number of imide groups is 1. The first-order chi connectivity index (χ1) is 16.3. The van der Waals surface area contributed by atoms with Crippen molar-refractivity contribution in [3.8, 4) is 11.5 Å². The largest absolute Gasteiger partial charge is 0.493 e. The number of rotatable bonds is 7. The van der Waals surface area contributed by atoms with Gasteiger partial charge >= 0.3 is 10.1 Å². The van der Waals surface area contributed by atoms with Gasteiger partial charge in [-0.2, -0.15) is 8.42 Å². The molecule has 1 heterocycles. The average molecular weight is 496 g/mol. The van der Waals surface area contributed by atoms with Crippen LogP contribution in [0.2, 0.25) is 0 Å². The van der Waals surface area contributed by atoms with E-state index < -0.39 is 21.3 Å². The monoisotopic (exact) mass is 495 g/mol. The standard InChI is InChI=1S/C25H21NO6S2/c1-17-11-13-18(14-12-17)16-26-24(27)22(33-25(26)28)15-19-7-6-10-21(31-2)23(19)32-34(29,30)20-8-4-3-5-9-20/h3-15H,16H2,1-2H3/b22-15-. The highest BCUT2D eigenvalue weighted by Crippen LogP contribution is 2.39. The number of benzene rings is 3. The van der Waals surface area contributed by atoms with Gasteiger partial charge in [-0.3, -0.25) is 14.5 Å². The lowest BCUT2D eigenvalue weighted by molar-refractivity contribution is -0.123. The van der Waals surface area contributed by atoms with Crippen molar-refractivity contribution in [1.29, 1.82) is 0 Å². The molecular weight excluding hydrogens is 474 g/mol. The maximum atomic E-state index is 13.0. The summed E-state index contributed by atoms with van der Waals surface area (Å²) >= 11 is 0.788. The molecule has 174 valence electrons. The quantitative estimate of drug-likeness (QED) is 0.336. The molecule has 34 heavy (non-hydrogen) atoms. The van der Waals surface area contributed by atoms with Crippen LogP contribution in [0.4, 0.5) is 4.79 Å². The average Bonchev–Trinajstić information content (AvgIpc) is 3.09. The van der Waals surface area contributed by atoms with Gasteiger partial charge < -0.3 is 8.92 Å². The fourth-order valence-corrected chi connectivity index (χ4v) is 5.11. The Hall–Kier alpha value is -3.56. The molecule has 1 aliphatic rings. The molecule has 0 aliphatic carbocycles. The molecule has 2 amide bonds. The van der Waals surface area contributed by atoms with E-state index in [1.807, 2.05) is 31.2 Å². The van der Waals surface area contributed by atoms with E-state index in [9.17, 15) is 18.0 Å². The SMILES string of the molecule is COc1cccc(/C=C2\SC(=O)N(Cc3ccc(C)cc3)C2=O)c1OS(=O)(=O)c1ccccc1. The van der Waals surface area contributed by atoms with Crippen LogP contribution in [0.25, 0.3) is 6.08 Å². The number of amides is 2. The van der Waals surface area contributed by atoms with Crippen molar-refractivity contribution in [2.45, 2.75) is 18.4 Å². The van der Waals surface area contributed by atoms with Crippen molar-refractivity contribution in [2.24, 2.45) is 0 Å². The Labute approximate surface area is 202 Å². The van der Waals surface area contributed by atoms with Crippen LogP contribution in [-0.2, 0) is 21.5 Å². The molecule has 3 aromatic rings. The Morgan fingerprint density at radius 3 is 2.32 bits per heavy atom. The number of para-hydroxylation sites is 1. The molecule has 0 N–H and O–H groups in total. The van der Waals surface area contributed by atoms with E-state index in [-0.39, 0.29) is 27.8 Å². The van der Waals surface area contributed by atoms with Crippen LogP contribution in [-0.4, -0.2) is 31.6 Å². The van der Waals surface area contributed by atoms with Crippen LogP contribution in [0.15, 0.2) is 82.6 Å². The van der Waals surface area contributed by atoms with Crippen molar-refractivity contribution in [1.82, 2.24) is 4.90 Å². The van der Waals surface area contributed by atoms with Crippen molar-refractivity contribution in [3.63, 3.8) is 0 Å². The summed E-state index contributed by atoms with van der Waals surface area (Å²) in [5.74, 6) is -0.360. The van der Waals surface area contributed by atoms with E-state index in [2.05, 4.69) is 0 Å². The Balaban J connectivity index is 1.66. The predicted octanol–water partition coefficient (Wildman–Crippen LogP) is 5.01. The molecule has 1 fully saturated rings. The predicted molar refractivity (Wildman–Crippen MR) is 130 cm³/mol. The van der Waals surface area contributed by atoms with Crippen LogP contribution >= 0.6 is 11.8 Å². The maximum absolute atomic E-state index is 13.0. The summed E-state index contributed by atoms with van der Waals surface area (Å²) in [7, 11) is -2.77. The minimum atomic E-state index is -4.16. The highest BCUT2D eigenvalue weighted by atomic mass is 32.2. The summed E-state index contributed by atoms with van der Waals surface area (Å²) in [5, 5.41) is -0.404. The summed E-state index contributed by atoms with van der Waals surface area (Å²) < 4.78 is 36.4. The van der Waals surface area contributed by atoms with E-state index >= 15 is 0 Å². The van der Waals surface area contributed by atoms with Crippen LogP contribution in [0.1, 0.15) is 16.7 Å². The van der Waals surface area contributed by atoms with Crippen molar-refractivity contribution in [2.75, 3.05) is 7.11 Å². The zero-order valence-corrected chi connectivity index (χ0v) is 20.1. The Morgan fingerprint density at radius 1 is 0.941 bits per heavy atom. The number of methoxy groups -OCH3 is 1. The van der Waals surface area contributed by atoms with Gasteiger partial charge in [-0.15, -0.1) is 0 Å². The Bertz CT molecular complexity index is 1370. The summed E-state index contributed by atoms with van der Waals surface area (Å²) in [4.78, 5) is 26.8. The first-order valence-corrected chi connectivity index (χ1v) is 12.5. The fraction of sp³-hybridized carbons (Fsp3) is 0.120. The van der Waals surface area contributed by atoms with Crippen LogP contribution in [0.3, 0.4) is 0 Å². The molecule has 1 saturated heterocycles. The molecule has 0 unspecified atom stereocenters. The summed E-state index contributed by atoms with van der Waals surface area (Å²) in [5.41, 5.74) is 2.20. The van der Waals surface area contributed by atoms with Crippen LogP contribution in [0.5, 0.6) is 11.5 Å². The van der Waals surface area contributed by atoms with Gasteiger partial charge in [0.25, 0.3) is 11.1 Å². The lowest BCUT2D eigenvalue weighted by atomic mass is 10.1. The third kappa shape index (κ3) is 5.00. The van der Waals surface area contributed by atoms with Crippen molar-refractivity contribution in [3.05, 3.63) is 94.4 Å². The van der Waals surface area contributed by atoms with Gasteiger partial charge in [0.1, 0.15) is 4.90 Å². The van der Waals surface area contributed by atoms with E-state index in [1.165, 1.54) is 25.3 Å². The van der Waals surface area contributed by atoms with Gasteiger partial charge in [0.15, 0.2) is 11.5 Å². The number of hydrogen-bond donors (Lipinski definition) is 0. The molecule has 0 saturated carbocycles. The van der Waals surface area contributed by atoms with Gasteiger partial charge in [-0.25, -0.2) is 0 Å². The zero-order chi connectivity index (χ0) is 24.3. The molecule has 0 aromatic heterocycles. The second-order valence-corrected chi connectivity index (χ2v) is 10.0. The molecule has 0 bridgehead atoms. The molecule has 9 heteroatoms. The second-order valence-electron chi connectivity index (χ2n) is 7.48. The molecule has 0 radical (unpaired) electrons. The summed E-state index contributed by atoms with van der Waals surface area (Å²) in [6.07, 6.45) is 1.44. The van der Waals surface area contributed by atoms with E-state index in [4.69, 9.17) is 8.92 Å². The number of nitrogens with zero attached hydrogens (tertiary/aromatic N) is 1.